The minimum atomic E-state index is 0.0225. The first kappa shape index (κ1) is 18.6. The normalized spacial score (nSPS) is 11.2. The number of nitrogens with zero attached hydrogens (tertiary/aromatic N) is 1. The highest BCUT2D eigenvalue weighted by atomic mass is 35.5. The summed E-state index contributed by atoms with van der Waals surface area (Å²) in [6, 6.07) is 15.3. The van der Waals surface area contributed by atoms with Crippen molar-refractivity contribution in [3.63, 3.8) is 0 Å². The van der Waals surface area contributed by atoms with Crippen molar-refractivity contribution in [2.75, 3.05) is 4.90 Å². The first-order chi connectivity index (χ1) is 11.5. The van der Waals surface area contributed by atoms with Gasteiger partial charge >= 0.3 is 0 Å². The molecule has 0 atom stereocenters. The van der Waals surface area contributed by atoms with Crippen LogP contribution in [0.4, 0.5) is 5.69 Å². The van der Waals surface area contributed by atoms with E-state index in [0.29, 0.717) is 28.6 Å². The van der Waals surface area contributed by atoms with Gasteiger partial charge in [0.25, 0.3) is 0 Å². The number of allylic oxidation sites excluding steroid dienone is 1. The molecule has 24 heavy (non-hydrogen) atoms. The van der Waals surface area contributed by atoms with Crippen LogP contribution < -0.4 is 4.90 Å². The van der Waals surface area contributed by atoms with E-state index in [1.165, 1.54) is 0 Å². The number of amides is 1. The molecule has 0 N–H and O–H groups in total. The van der Waals surface area contributed by atoms with Crippen LogP contribution in [0.3, 0.4) is 0 Å². The molecule has 1 amide bonds. The zero-order chi connectivity index (χ0) is 17.5. The largest absolute Gasteiger partial charge is 0.308 e. The molecule has 0 saturated carbocycles. The summed E-state index contributed by atoms with van der Waals surface area (Å²) in [7, 11) is 0. The van der Waals surface area contributed by atoms with Crippen molar-refractivity contribution in [2.45, 2.75) is 32.7 Å². The average Bonchev–Trinajstić information content (AvgIpc) is 2.54. The van der Waals surface area contributed by atoms with Crippen LogP contribution in [0.2, 0.25) is 10.0 Å². The Morgan fingerprint density at radius 3 is 2.46 bits per heavy atom. The minimum Gasteiger partial charge on any atom is -0.308 e. The van der Waals surface area contributed by atoms with Gasteiger partial charge in [0.1, 0.15) is 0 Å². The van der Waals surface area contributed by atoms with E-state index in [1.807, 2.05) is 56.3 Å². The number of hydrogen-bond donors (Lipinski definition) is 0. The molecule has 0 aromatic heterocycles. The summed E-state index contributed by atoms with van der Waals surface area (Å²) in [5, 5.41) is 1.05. The number of anilines is 1. The van der Waals surface area contributed by atoms with Crippen molar-refractivity contribution in [1.82, 2.24) is 0 Å². The number of rotatable bonds is 6. The summed E-state index contributed by atoms with van der Waals surface area (Å²) in [6.07, 6.45) is 5.17. The fraction of sp³-hybridized carbons (Fsp3) is 0.250. The summed E-state index contributed by atoms with van der Waals surface area (Å²) in [5.74, 6) is 0.0481. The summed E-state index contributed by atoms with van der Waals surface area (Å²) in [5.41, 5.74) is 1.83. The second-order valence-electron chi connectivity index (χ2n) is 5.80. The van der Waals surface area contributed by atoms with E-state index in [0.717, 1.165) is 5.56 Å². The van der Waals surface area contributed by atoms with Gasteiger partial charge in [-0.15, -0.1) is 0 Å². The van der Waals surface area contributed by atoms with E-state index in [1.54, 1.807) is 23.1 Å². The van der Waals surface area contributed by atoms with Gasteiger partial charge < -0.3 is 4.90 Å². The summed E-state index contributed by atoms with van der Waals surface area (Å²) >= 11 is 12.2. The summed E-state index contributed by atoms with van der Waals surface area (Å²) in [4.78, 5) is 14.4. The fourth-order valence-electron chi connectivity index (χ4n) is 2.49. The Labute approximate surface area is 153 Å². The quantitative estimate of drug-likeness (QED) is 0.597. The zero-order valence-electron chi connectivity index (χ0n) is 13.9. The molecule has 0 spiro atoms. The molecule has 0 radical (unpaired) electrons. The number of carbonyl (C=O) groups is 1. The summed E-state index contributed by atoms with van der Waals surface area (Å²) in [6.45, 7) is 3.95. The molecule has 0 aliphatic rings. The van der Waals surface area contributed by atoms with Crippen LogP contribution in [-0.4, -0.2) is 11.9 Å². The Hall–Kier alpha value is -1.77. The van der Waals surface area contributed by atoms with Crippen LogP contribution in [0.5, 0.6) is 0 Å². The van der Waals surface area contributed by atoms with Gasteiger partial charge in [0, 0.05) is 17.5 Å². The molecule has 0 aliphatic carbocycles. The van der Waals surface area contributed by atoms with Crippen LogP contribution in [-0.2, 0) is 4.79 Å². The van der Waals surface area contributed by atoms with Crippen molar-refractivity contribution in [2.24, 2.45) is 0 Å². The first-order valence-corrected chi connectivity index (χ1v) is 8.73. The Kier molecular flexibility index (Phi) is 6.89. The minimum absolute atomic E-state index is 0.0225. The molecule has 2 nitrogen and oxygen atoms in total. The Balaban J connectivity index is 2.03. The fourth-order valence-corrected chi connectivity index (χ4v) is 2.99. The maximum atomic E-state index is 12.6. The van der Waals surface area contributed by atoms with E-state index in [-0.39, 0.29) is 11.9 Å². The van der Waals surface area contributed by atoms with Crippen molar-refractivity contribution in [1.29, 1.82) is 0 Å². The molecule has 126 valence electrons. The van der Waals surface area contributed by atoms with Gasteiger partial charge in [0.15, 0.2) is 0 Å². The van der Waals surface area contributed by atoms with Gasteiger partial charge in [-0.25, -0.2) is 0 Å². The Morgan fingerprint density at radius 1 is 1.12 bits per heavy atom. The first-order valence-electron chi connectivity index (χ1n) is 7.97. The standard InChI is InChI=1S/C20H21Cl2NO/c1-15(2)23(19-13-12-17(21)14-18(19)22)20(24)11-7-6-10-16-8-4-3-5-9-16/h3-6,8-10,12-15H,7,11H2,1-2H3/b10-6+. The molecule has 0 heterocycles. The van der Waals surface area contributed by atoms with Gasteiger partial charge in [-0.2, -0.15) is 0 Å². The van der Waals surface area contributed by atoms with Gasteiger partial charge in [-0.05, 0) is 44.0 Å². The maximum absolute atomic E-state index is 12.6. The van der Waals surface area contributed by atoms with Gasteiger partial charge in [-0.3, -0.25) is 4.79 Å². The second-order valence-corrected chi connectivity index (χ2v) is 6.65. The lowest BCUT2D eigenvalue weighted by molar-refractivity contribution is -0.118. The van der Waals surface area contributed by atoms with E-state index < -0.39 is 0 Å². The van der Waals surface area contributed by atoms with Gasteiger partial charge in [0.05, 0.1) is 10.7 Å². The Morgan fingerprint density at radius 2 is 1.83 bits per heavy atom. The zero-order valence-corrected chi connectivity index (χ0v) is 15.4. The second kappa shape index (κ2) is 8.91. The van der Waals surface area contributed by atoms with E-state index >= 15 is 0 Å². The van der Waals surface area contributed by atoms with Crippen molar-refractivity contribution >= 4 is 40.9 Å². The number of benzene rings is 2. The van der Waals surface area contributed by atoms with Crippen LogP contribution in [0.15, 0.2) is 54.6 Å². The third-order valence-electron chi connectivity index (χ3n) is 3.59. The van der Waals surface area contributed by atoms with E-state index in [4.69, 9.17) is 23.2 Å². The molecule has 0 bridgehead atoms. The van der Waals surface area contributed by atoms with Gasteiger partial charge in [0.2, 0.25) is 5.91 Å². The molecule has 0 aliphatic heterocycles. The third kappa shape index (κ3) is 5.12. The van der Waals surface area contributed by atoms with Crippen molar-refractivity contribution in [3.05, 3.63) is 70.2 Å². The molecule has 2 aromatic rings. The maximum Gasteiger partial charge on any atom is 0.227 e. The molecular formula is C20H21Cl2NO. The molecule has 0 saturated heterocycles. The SMILES string of the molecule is CC(C)N(C(=O)CC/C=C/c1ccccc1)c1ccc(Cl)cc1Cl. The van der Waals surface area contributed by atoms with Crippen LogP contribution >= 0.6 is 23.2 Å². The van der Waals surface area contributed by atoms with Crippen LogP contribution in [0, 0.1) is 0 Å². The van der Waals surface area contributed by atoms with Gasteiger partial charge in [-0.1, -0.05) is 65.7 Å². The molecule has 0 unspecified atom stereocenters. The molecule has 2 aromatic carbocycles. The topological polar surface area (TPSA) is 20.3 Å². The monoisotopic (exact) mass is 361 g/mol. The lowest BCUT2D eigenvalue weighted by Gasteiger charge is -2.27. The van der Waals surface area contributed by atoms with Crippen molar-refractivity contribution in [3.8, 4) is 0 Å². The molecule has 2 rings (SSSR count). The predicted molar refractivity (Wildman–Crippen MR) is 104 cm³/mol. The molecule has 0 fully saturated rings. The summed E-state index contributed by atoms with van der Waals surface area (Å²) < 4.78 is 0. The highest BCUT2D eigenvalue weighted by Gasteiger charge is 2.20. The van der Waals surface area contributed by atoms with Crippen LogP contribution in [0.1, 0.15) is 32.3 Å². The molecule has 4 heteroatoms. The lowest BCUT2D eigenvalue weighted by atomic mass is 10.1. The third-order valence-corrected chi connectivity index (χ3v) is 4.13. The number of carbonyl (C=O) groups excluding carboxylic acids is 1. The number of hydrogen-bond acceptors (Lipinski definition) is 1. The lowest BCUT2D eigenvalue weighted by Crippen LogP contribution is -2.37. The van der Waals surface area contributed by atoms with Crippen LogP contribution in [0.25, 0.3) is 6.08 Å². The van der Waals surface area contributed by atoms with Crippen molar-refractivity contribution < 1.29 is 4.79 Å². The number of halogens is 2. The van der Waals surface area contributed by atoms with E-state index in [2.05, 4.69) is 0 Å². The molecular weight excluding hydrogens is 341 g/mol. The highest BCUT2D eigenvalue weighted by Crippen LogP contribution is 2.30. The highest BCUT2D eigenvalue weighted by molar-refractivity contribution is 6.36. The van der Waals surface area contributed by atoms with E-state index in [9.17, 15) is 4.79 Å². The smallest absolute Gasteiger partial charge is 0.227 e. The predicted octanol–water partition coefficient (Wildman–Crippen LogP) is 6.23. The average molecular weight is 362 g/mol. The Bertz CT molecular complexity index is 711.